The summed E-state index contributed by atoms with van der Waals surface area (Å²) in [5.41, 5.74) is 0.634. The maximum absolute atomic E-state index is 12.3. The van der Waals surface area contributed by atoms with Crippen molar-refractivity contribution in [2.75, 3.05) is 33.7 Å². The summed E-state index contributed by atoms with van der Waals surface area (Å²) in [5, 5.41) is 0. The van der Waals surface area contributed by atoms with E-state index in [0.717, 1.165) is 45.3 Å². The van der Waals surface area contributed by atoms with Gasteiger partial charge in [-0.1, -0.05) is 6.08 Å². The fourth-order valence-electron chi connectivity index (χ4n) is 2.75. The van der Waals surface area contributed by atoms with Crippen molar-refractivity contribution >= 4 is 5.91 Å². The monoisotopic (exact) mass is 317 g/mol. The van der Waals surface area contributed by atoms with Gasteiger partial charge in [-0.3, -0.25) is 4.79 Å². The van der Waals surface area contributed by atoms with Crippen molar-refractivity contribution in [2.24, 2.45) is 0 Å². The number of pyridine rings is 1. The molecule has 0 N–H and O–H groups in total. The number of allylic oxidation sites excluding steroid dienone is 1. The van der Waals surface area contributed by atoms with Crippen molar-refractivity contribution < 1.29 is 9.53 Å². The minimum Gasteiger partial charge on any atom is -0.473 e. The molecule has 0 aliphatic carbocycles. The second kappa shape index (κ2) is 8.67. The van der Waals surface area contributed by atoms with E-state index in [9.17, 15) is 4.79 Å². The maximum Gasteiger partial charge on any atom is 0.255 e. The molecule has 1 atom stereocenters. The lowest BCUT2D eigenvalue weighted by molar-refractivity contribution is 0.0792. The van der Waals surface area contributed by atoms with Crippen molar-refractivity contribution in [3.63, 3.8) is 0 Å². The van der Waals surface area contributed by atoms with E-state index >= 15 is 0 Å². The highest BCUT2D eigenvalue weighted by Crippen LogP contribution is 2.16. The number of likely N-dealkylation sites (tertiary alicyclic amines) is 1. The summed E-state index contributed by atoms with van der Waals surface area (Å²) in [6.45, 7) is 6.29. The van der Waals surface area contributed by atoms with Crippen molar-refractivity contribution in [3.05, 3.63) is 36.5 Å². The summed E-state index contributed by atoms with van der Waals surface area (Å²) in [6, 6.07) is 3.60. The van der Waals surface area contributed by atoms with Crippen LogP contribution in [-0.4, -0.2) is 60.5 Å². The second-order valence-electron chi connectivity index (χ2n) is 6.25. The van der Waals surface area contributed by atoms with Crippen molar-refractivity contribution in [1.29, 1.82) is 0 Å². The molecular formula is C18H27N3O2. The van der Waals surface area contributed by atoms with Crippen LogP contribution in [0.2, 0.25) is 0 Å². The first-order valence-corrected chi connectivity index (χ1v) is 8.27. The Kier molecular flexibility index (Phi) is 6.59. The van der Waals surface area contributed by atoms with Gasteiger partial charge in [-0.05, 0) is 45.8 Å². The van der Waals surface area contributed by atoms with Crippen LogP contribution in [0, 0.1) is 0 Å². The predicted octanol–water partition coefficient (Wildman–Crippen LogP) is 2.59. The maximum atomic E-state index is 12.3. The van der Waals surface area contributed by atoms with E-state index < -0.39 is 0 Å². The van der Waals surface area contributed by atoms with E-state index in [2.05, 4.69) is 16.5 Å². The Morgan fingerprint density at radius 1 is 1.43 bits per heavy atom. The number of ether oxygens (including phenoxy) is 1. The molecule has 1 aromatic rings. The van der Waals surface area contributed by atoms with Gasteiger partial charge in [0, 0.05) is 31.9 Å². The van der Waals surface area contributed by atoms with Gasteiger partial charge in [0.2, 0.25) is 5.88 Å². The first kappa shape index (κ1) is 17.5. The average Bonchev–Trinajstić information content (AvgIpc) is 3.06. The van der Waals surface area contributed by atoms with E-state index in [1.54, 1.807) is 12.3 Å². The van der Waals surface area contributed by atoms with Crippen LogP contribution in [0.1, 0.15) is 36.0 Å². The molecule has 0 bridgehead atoms. The van der Waals surface area contributed by atoms with E-state index in [0.29, 0.717) is 11.4 Å². The molecule has 0 unspecified atom stereocenters. The fraction of sp³-hybridized carbons (Fsp3) is 0.556. The minimum atomic E-state index is 0.0654. The number of carbonyl (C=O) groups excluding carboxylic acids is 1. The third-order valence-corrected chi connectivity index (χ3v) is 3.93. The molecular weight excluding hydrogens is 290 g/mol. The summed E-state index contributed by atoms with van der Waals surface area (Å²) < 4.78 is 5.96. The van der Waals surface area contributed by atoms with Crippen molar-refractivity contribution in [1.82, 2.24) is 14.8 Å². The van der Waals surface area contributed by atoms with Gasteiger partial charge in [0.1, 0.15) is 6.10 Å². The van der Waals surface area contributed by atoms with Gasteiger partial charge in [-0.25, -0.2) is 4.98 Å². The number of hydrogen-bond acceptors (Lipinski definition) is 4. The summed E-state index contributed by atoms with van der Waals surface area (Å²) in [7, 11) is 4.05. The third-order valence-electron chi connectivity index (χ3n) is 3.93. The van der Waals surface area contributed by atoms with E-state index in [4.69, 9.17) is 4.74 Å². The fourth-order valence-corrected chi connectivity index (χ4v) is 2.75. The lowest BCUT2D eigenvalue weighted by Crippen LogP contribution is -2.31. The Bertz CT molecular complexity index is 508. The summed E-state index contributed by atoms with van der Waals surface area (Å²) in [4.78, 5) is 20.6. The van der Waals surface area contributed by atoms with Crippen LogP contribution in [0.15, 0.2) is 31.0 Å². The van der Waals surface area contributed by atoms with Gasteiger partial charge in [0.25, 0.3) is 5.91 Å². The zero-order chi connectivity index (χ0) is 16.7. The van der Waals surface area contributed by atoms with Gasteiger partial charge >= 0.3 is 0 Å². The minimum absolute atomic E-state index is 0.0654. The number of nitrogens with zero attached hydrogens (tertiary/aromatic N) is 3. The SMILES string of the molecule is C=CCC[C@@H](CN(C)C)Oc1ccc(C(=O)N2CCCC2)cn1. The molecule has 1 saturated heterocycles. The zero-order valence-corrected chi connectivity index (χ0v) is 14.2. The van der Waals surface area contributed by atoms with Crippen LogP contribution >= 0.6 is 0 Å². The van der Waals surface area contributed by atoms with E-state index in [1.807, 2.05) is 31.1 Å². The molecule has 23 heavy (non-hydrogen) atoms. The van der Waals surface area contributed by atoms with Gasteiger partial charge in [0.15, 0.2) is 0 Å². The molecule has 5 nitrogen and oxygen atoms in total. The summed E-state index contributed by atoms with van der Waals surface area (Å²) in [5.74, 6) is 0.636. The first-order chi connectivity index (χ1) is 11.1. The molecule has 0 saturated carbocycles. The zero-order valence-electron chi connectivity index (χ0n) is 14.2. The predicted molar refractivity (Wildman–Crippen MR) is 91.8 cm³/mol. The van der Waals surface area contributed by atoms with Crippen molar-refractivity contribution in [3.8, 4) is 5.88 Å². The van der Waals surface area contributed by atoms with Crippen LogP contribution in [-0.2, 0) is 0 Å². The van der Waals surface area contributed by atoms with E-state index in [-0.39, 0.29) is 12.0 Å². The third kappa shape index (κ3) is 5.36. The Morgan fingerprint density at radius 2 is 2.17 bits per heavy atom. The standard InChI is InChI=1S/C18H27N3O2/c1-4-5-8-16(14-20(2)3)23-17-10-9-15(13-19-17)18(22)21-11-6-7-12-21/h4,9-10,13,16H,1,5-8,11-12,14H2,2-3H3/t16-/m0/s1. The highest BCUT2D eigenvalue weighted by molar-refractivity contribution is 5.94. The quantitative estimate of drug-likeness (QED) is 0.691. The molecule has 126 valence electrons. The summed E-state index contributed by atoms with van der Waals surface area (Å²) >= 11 is 0. The normalized spacial score (nSPS) is 15.7. The van der Waals surface area contributed by atoms with Gasteiger partial charge < -0.3 is 14.5 Å². The number of likely N-dealkylation sites (N-methyl/N-ethyl adjacent to an activating group) is 1. The largest absolute Gasteiger partial charge is 0.473 e. The highest BCUT2D eigenvalue weighted by Gasteiger charge is 2.20. The van der Waals surface area contributed by atoms with Gasteiger partial charge in [-0.15, -0.1) is 6.58 Å². The lowest BCUT2D eigenvalue weighted by Gasteiger charge is -2.21. The molecule has 1 aliphatic heterocycles. The van der Waals surface area contributed by atoms with Gasteiger partial charge in [0.05, 0.1) is 5.56 Å². The van der Waals surface area contributed by atoms with Crippen LogP contribution in [0.25, 0.3) is 0 Å². The highest BCUT2D eigenvalue weighted by atomic mass is 16.5. The molecule has 1 fully saturated rings. The van der Waals surface area contributed by atoms with E-state index in [1.165, 1.54) is 0 Å². The van der Waals surface area contributed by atoms with Crippen LogP contribution < -0.4 is 4.74 Å². The number of hydrogen-bond donors (Lipinski definition) is 0. The Balaban J connectivity index is 1.96. The molecule has 2 heterocycles. The van der Waals surface area contributed by atoms with Crippen LogP contribution in [0.4, 0.5) is 0 Å². The molecule has 1 aromatic heterocycles. The Labute approximate surface area is 138 Å². The van der Waals surface area contributed by atoms with Crippen molar-refractivity contribution in [2.45, 2.75) is 31.8 Å². The Hall–Kier alpha value is -1.88. The molecule has 1 amide bonds. The molecule has 1 aliphatic rings. The number of rotatable bonds is 8. The van der Waals surface area contributed by atoms with Gasteiger partial charge in [-0.2, -0.15) is 0 Å². The number of aromatic nitrogens is 1. The summed E-state index contributed by atoms with van der Waals surface area (Å²) in [6.07, 6.45) is 7.58. The average molecular weight is 317 g/mol. The number of carbonyl (C=O) groups is 1. The first-order valence-electron chi connectivity index (χ1n) is 8.27. The molecule has 0 spiro atoms. The molecule has 5 heteroatoms. The molecule has 2 rings (SSSR count). The molecule has 0 radical (unpaired) electrons. The smallest absolute Gasteiger partial charge is 0.255 e. The topological polar surface area (TPSA) is 45.7 Å². The Morgan fingerprint density at radius 3 is 2.74 bits per heavy atom. The molecule has 0 aromatic carbocycles. The van der Waals surface area contributed by atoms with Crippen LogP contribution in [0.3, 0.4) is 0 Å². The lowest BCUT2D eigenvalue weighted by atomic mass is 10.2. The number of amides is 1. The van der Waals surface area contributed by atoms with Crippen LogP contribution in [0.5, 0.6) is 5.88 Å². The second-order valence-corrected chi connectivity index (χ2v) is 6.25.